The van der Waals surface area contributed by atoms with Crippen LogP contribution in [0.5, 0.6) is 5.75 Å². The number of nitrogens with zero attached hydrogens (tertiary/aromatic N) is 3. The molecule has 0 radical (unpaired) electrons. The molecule has 24 heavy (non-hydrogen) atoms. The summed E-state index contributed by atoms with van der Waals surface area (Å²) in [5.74, 6) is 1.79. The first kappa shape index (κ1) is 13.5. The van der Waals surface area contributed by atoms with Crippen LogP contribution < -0.4 is 4.74 Å². The van der Waals surface area contributed by atoms with E-state index >= 15 is 0 Å². The van der Waals surface area contributed by atoms with Gasteiger partial charge in [0.15, 0.2) is 17.2 Å². The highest BCUT2D eigenvalue weighted by Crippen LogP contribution is 2.39. The topological polar surface area (TPSA) is 65.7 Å². The van der Waals surface area contributed by atoms with Crippen molar-refractivity contribution in [2.45, 2.75) is 25.4 Å². The molecule has 0 bridgehead atoms. The third kappa shape index (κ3) is 1.92. The Morgan fingerprint density at radius 1 is 1.25 bits per heavy atom. The summed E-state index contributed by atoms with van der Waals surface area (Å²) >= 11 is 0. The second kappa shape index (κ2) is 4.80. The van der Waals surface area contributed by atoms with Crippen LogP contribution in [0, 0.1) is 0 Å². The van der Waals surface area contributed by atoms with E-state index in [1.165, 1.54) is 0 Å². The smallest absolute Gasteiger partial charge is 0.338 e. The van der Waals surface area contributed by atoms with Crippen LogP contribution in [0.3, 0.4) is 0 Å². The predicted molar refractivity (Wildman–Crippen MR) is 86.1 cm³/mol. The van der Waals surface area contributed by atoms with Gasteiger partial charge >= 0.3 is 5.97 Å². The van der Waals surface area contributed by atoms with Crippen LogP contribution >= 0.6 is 0 Å². The third-order valence-corrected chi connectivity index (χ3v) is 4.61. The van der Waals surface area contributed by atoms with Gasteiger partial charge < -0.3 is 9.47 Å². The molecule has 0 N–H and O–H groups in total. The number of esters is 1. The number of carbonyl (C=O) groups excluding carboxylic acids is 1. The lowest BCUT2D eigenvalue weighted by atomic mass is 10.0. The Hall–Kier alpha value is -2.89. The summed E-state index contributed by atoms with van der Waals surface area (Å²) < 4.78 is 12.4. The number of ether oxygens (including phenoxy) is 2. The highest BCUT2D eigenvalue weighted by atomic mass is 16.5. The lowest BCUT2D eigenvalue weighted by Crippen LogP contribution is -1.98. The first-order valence-corrected chi connectivity index (χ1v) is 7.98. The number of pyridine rings is 1. The van der Waals surface area contributed by atoms with Crippen molar-refractivity contribution in [2.75, 3.05) is 7.11 Å². The van der Waals surface area contributed by atoms with E-state index in [2.05, 4.69) is 4.98 Å². The largest absolute Gasteiger partial charge is 0.493 e. The molecule has 1 aliphatic carbocycles. The Morgan fingerprint density at radius 2 is 2.12 bits per heavy atom. The fourth-order valence-electron chi connectivity index (χ4n) is 3.14. The SMILES string of the molecule is COc1ccc(-c2ccc3c(c2)COC3=O)n2nc(C3CC3)nc12. The van der Waals surface area contributed by atoms with Gasteiger partial charge in [-0.25, -0.2) is 14.3 Å². The minimum absolute atomic E-state index is 0.256. The molecular formula is C18H15N3O3. The minimum Gasteiger partial charge on any atom is -0.493 e. The Morgan fingerprint density at radius 3 is 2.92 bits per heavy atom. The normalized spacial score (nSPS) is 16.3. The zero-order chi connectivity index (χ0) is 16.3. The lowest BCUT2D eigenvalue weighted by Gasteiger charge is -2.08. The Labute approximate surface area is 138 Å². The van der Waals surface area contributed by atoms with Crippen LogP contribution in [0.1, 0.15) is 40.5 Å². The molecule has 0 spiro atoms. The lowest BCUT2D eigenvalue weighted by molar-refractivity contribution is 0.0535. The molecule has 0 saturated heterocycles. The van der Waals surface area contributed by atoms with Gasteiger partial charge in [-0.2, -0.15) is 5.10 Å². The van der Waals surface area contributed by atoms with Gasteiger partial charge in [0.25, 0.3) is 0 Å². The zero-order valence-corrected chi connectivity index (χ0v) is 13.2. The highest BCUT2D eigenvalue weighted by molar-refractivity contribution is 5.94. The molecule has 1 fully saturated rings. The molecule has 0 amide bonds. The van der Waals surface area contributed by atoms with Gasteiger partial charge in [0.2, 0.25) is 0 Å². The molecule has 1 saturated carbocycles. The van der Waals surface area contributed by atoms with Gasteiger partial charge in [-0.3, -0.25) is 0 Å². The third-order valence-electron chi connectivity index (χ3n) is 4.61. The molecular weight excluding hydrogens is 306 g/mol. The second-order valence-electron chi connectivity index (χ2n) is 6.21. The number of hydrogen-bond donors (Lipinski definition) is 0. The molecule has 6 heteroatoms. The van der Waals surface area contributed by atoms with Crippen molar-refractivity contribution in [1.82, 2.24) is 14.6 Å². The van der Waals surface area contributed by atoms with Gasteiger partial charge in [-0.1, -0.05) is 6.07 Å². The number of hydrogen-bond acceptors (Lipinski definition) is 5. The average Bonchev–Trinajstić information content (AvgIpc) is 3.26. The van der Waals surface area contributed by atoms with Crippen LogP contribution in [0.4, 0.5) is 0 Å². The molecule has 3 aromatic rings. The molecule has 2 aromatic heterocycles. The number of methoxy groups -OCH3 is 1. The van der Waals surface area contributed by atoms with Crippen LogP contribution in [0.15, 0.2) is 30.3 Å². The van der Waals surface area contributed by atoms with E-state index in [1.807, 2.05) is 34.8 Å². The van der Waals surface area contributed by atoms with Crippen molar-refractivity contribution in [3.8, 4) is 17.0 Å². The Kier molecular flexibility index (Phi) is 2.71. The van der Waals surface area contributed by atoms with E-state index in [4.69, 9.17) is 14.6 Å². The molecule has 0 unspecified atom stereocenters. The van der Waals surface area contributed by atoms with Crippen LogP contribution in [-0.2, 0) is 11.3 Å². The zero-order valence-electron chi connectivity index (χ0n) is 13.2. The van der Waals surface area contributed by atoms with Gasteiger partial charge in [-0.05, 0) is 37.1 Å². The average molecular weight is 321 g/mol. The Balaban J connectivity index is 1.70. The molecule has 1 aliphatic heterocycles. The molecule has 3 heterocycles. The molecule has 5 rings (SSSR count). The summed E-state index contributed by atoms with van der Waals surface area (Å²) in [5, 5.41) is 4.70. The first-order chi connectivity index (χ1) is 11.7. The second-order valence-corrected chi connectivity index (χ2v) is 6.21. The summed E-state index contributed by atoms with van der Waals surface area (Å²) in [4.78, 5) is 16.3. The van der Waals surface area contributed by atoms with Crippen LogP contribution in [0.2, 0.25) is 0 Å². The number of fused-ring (bicyclic) bond motifs is 2. The maximum absolute atomic E-state index is 11.6. The van der Waals surface area contributed by atoms with Crippen molar-refractivity contribution in [1.29, 1.82) is 0 Å². The fourth-order valence-corrected chi connectivity index (χ4v) is 3.14. The van der Waals surface area contributed by atoms with Crippen molar-refractivity contribution < 1.29 is 14.3 Å². The fraction of sp³-hybridized carbons (Fsp3) is 0.278. The molecule has 0 atom stereocenters. The number of benzene rings is 1. The van der Waals surface area contributed by atoms with Gasteiger partial charge in [0.1, 0.15) is 6.61 Å². The summed E-state index contributed by atoms with van der Waals surface area (Å²) in [7, 11) is 1.64. The van der Waals surface area contributed by atoms with E-state index in [0.717, 1.165) is 41.1 Å². The minimum atomic E-state index is -0.256. The maximum atomic E-state index is 11.6. The number of aromatic nitrogens is 3. The maximum Gasteiger partial charge on any atom is 0.338 e. The Bertz CT molecular complexity index is 989. The molecule has 2 aliphatic rings. The van der Waals surface area contributed by atoms with Crippen LogP contribution in [0.25, 0.3) is 16.9 Å². The van der Waals surface area contributed by atoms with Crippen molar-refractivity contribution in [3.63, 3.8) is 0 Å². The van der Waals surface area contributed by atoms with E-state index < -0.39 is 0 Å². The molecule has 120 valence electrons. The van der Waals surface area contributed by atoms with Gasteiger partial charge in [-0.15, -0.1) is 0 Å². The van der Waals surface area contributed by atoms with E-state index in [0.29, 0.717) is 23.8 Å². The van der Waals surface area contributed by atoms with Crippen molar-refractivity contribution in [2.24, 2.45) is 0 Å². The van der Waals surface area contributed by atoms with E-state index in [9.17, 15) is 4.79 Å². The summed E-state index contributed by atoms with van der Waals surface area (Å²) in [6, 6.07) is 9.60. The number of rotatable bonds is 3. The van der Waals surface area contributed by atoms with Crippen molar-refractivity contribution >= 4 is 11.6 Å². The first-order valence-electron chi connectivity index (χ1n) is 7.98. The number of carbonyl (C=O) groups is 1. The highest BCUT2D eigenvalue weighted by Gasteiger charge is 2.29. The monoisotopic (exact) mass is 321 g/mol. The van der Waals surface area contributed by atoms with Crippen molar-refractivity contribution in [3.05, 3.63) is 47.3 Å². The summed E-state index contributed by atoms with van der Waals surface area (Å²) in [6.45, 7) is 0.325. The summed E-state index contributed by atoms with van der Waals surface area (Å²) in [6.07, 6.45) is 2.29. The molecule has 6 nitrogen and oxygen atoms in total. The molecule has 1 aromatic carbocycles. The standard InChI is InChI=1S/C18H15N3O3/c1-23-15-7-6-14(21-17(15)19-16(20-21)10-2-3-10)11-4-5-13-12(8-11)9-24-18(13)22/h4-8,10H,2-3,9H2,1H3. The predicted octanol–water partition coefficient (Wildman–Crippen LogP) is 2.95. The number of cyclic esters (lactones) is 1. The van der Waals surface area contributed by atoms with E-state index in [-0.39, 0.29) is 5.97 Å². The summed E-state index contributed by atoms with van der Waals surface area (Å²) in [5.41, 5.74) is 4.17. The van der Waals surface area contributed by atoms with Gasteiger partial charge in [0, 0.05) is 17.0 Å². The quantitative estimate of drug-likeness (QED) is 0.694. The van der Waals surface area contributed by atoms with Crippen LogP contribution in [-0.4, -0.2) is 27.7 Å². The van der Waals surface area contributed by atoms with E-state index in [1.54, 1.807) is 7.11 Å². The van der Waals surface area contributed by atoms with Gasteiger partial charge in [0.05, 0.1) is 18.4 Å².